The lowest BCUT2D eigenvalue weighted by atomic mass is 10.1. The number of rotatable bonds is 2. The van der Waals surface area contributed by atoms with Crippen LogP contribution in [0.15, 0.2) is 41.3 Å². The van der Waals surface area contributed by atoms with E-state index in [0.29, 0.717) is 0 Å². The van der Waals surface area contributed by atoms with Gasteiger partial charge in [-0.1, -0.05) is 12.1 Å². The molecule has 1 heterocycles. The summed E-state index contributed by atoms with van der Waals surface area (Å²) in [6.45, 7) is 0. The minimum atomic E-state index is 0.789. The number of aromatic nitrogens is 1. The molecule has 0 saturated heterocycles. The molecule has 0 unspecified atom stereocenters. The van der Waals surface area contributed by atoms with Crippen LogP contribution in [0.2, 0.25) is 0 Å². The van der Waals surface area contributed by atoms with E-state index in [4.69, 9.17) is 4.42 Å². The summed E-state index contributed by atoms with van der Waals surface area (Å²) in [5.74, 6) is 0.789. The van der Waals surface area contributed by atoms with Crippen LogP contribution in [0.4, 0.5) is 5.69 Å². The average Bonchev–Trinajstić information content (AvgIpc) is 2.71. The van der Waals surface area contributed by atoms with Crippen LogP contribution in [0, 0.1) is 0 Å². The van der Waals surface area contributed by atoms with E-state index in [9.17, 15) is 0 Å². The Morgan fingerprint density at radius 1 is 1.38 bits per heavy atom. The predicted molar refractivity (Wildman–Crippen MR) is 51.5 cm³/mol. The van der Waals surface area contributed by atoms with E-state index in [1.54, 1.807) is 6.20 Å². The van der Waals surface area contributed by atoms with Crippen molar-refractivity contribution in [1.82, 2.24) is 4.98 Å². The number of oxazole rings is 1. The molecule has 1 aromatic heterocycles. The molecule has 66 valence electrons. The Labute approximate surface area is 76.4 Å². The van der Waals surface area contributed by atoms with E-state index in [-0.39, 0.29) is 0 Å². The lowest BCUT2D eigenvalue weighted by molar-refractivity contribution is 0.572. The van der Waals surface area contributed by atoms with Gasteiger partial charge in [0.15, 0.2) is 12.2 Å². The van der Waals surface area contributed by atoms with Gasteiger partial charge >= 0.3 is 0 Å². The molecule has 0 atom stereocenters. The van der Waals surface area contributed by atoms with E-state index in [2.05, 4.69) is 10.3 Å². The zero-order valence-electron chi connectivity index (χ0n) is 7.32. The highest BCUT2D eigenvalue weighted by atomic mass is 16.3. The first-order valence-electron chi connectivity index (χ1n) is 4.07. The fraction of sp³-hybridized carbons (Fsp3) is 0.100. The standard InChI is InChI=1S/C10H10N2O/c1-11-9-4-2-3-8(5-9)10-6-12-7-13-10/h2-7,11H,1H3. The molecule has 0 bridgehead atoms. The third kappa shape index (κ3) is 1.54. The van der Waals surface area contributed by atoms with Gasteiger partial charge in [0.25, 0.3) is 0 Å². The van der Waals surface area contributed by atoms with Crippen molar-refractivity contribution in [3.63, 3.8) is 0 Å². The minimum absolute atomic E-state index is 0.789. The van der Waals surface area contributed by atoms with E-state index >= 15 is 0 Å². The van der Waals surface area contributed by atoms with Crippen molar-refractivity contribution in [1.29, 1.82) is 0 Å². The normalized spacial score (nSPS) is 9.92. The molecule has 0 fully saturated rings. The molecule has 13 heavy (non-hydrogen) atoms. The van der Waals surface area contributed by atoms with Crippen molar-refractivity contribution in [2.75, 3.05) is 12.4 Å². The van der Waals surface area contributed by atoms with E-state index < -0.39 is 0 Å². The summed E-state index contributed by atoms with van der Waals surface area (Å²) in [4.78, 5) is 3.87. The van der Waals surface area contributed by atoms with Crippen molar-refractivity contribution in [2.24, 2.45) is 0 Å². The average molecular weight is 174 g/mol. The Morgan fingerprint density at radius 2 is 2.31 bits per heavy atom. The first-order chi connectivity index (χ1) is 6.40. The molecule has 1 N–H and O–H groups in total. The van der Waals surface area contributed by atoms with Crippen LogP contribution in [-0.4, -0.2) is 12.0 Å². The molecular weight excluding hydrogens is 164 g/mol. The molecule has 2 rings (SSSR count). The van der Waals surface area contributed by atoms with E-state index in [1.165, 1.54) is 6.39 Å². The molecule has 0 aliphatic heterocycles. The van der Waals surface area contributed by atoms with Crippen LogP contribution in [0.25, 0.3) is 11.3 Å². The Hall–Kier alpha value is -1.77. The quantitative estimate of drug-likeness (QED) is 0.759. The third-order valence-electron chi connectivity index (χ3n) is 1.87. The number of nitrogens with one attached hydrogen (secondary N) is 1. The summed E-state index contributed by atoms with van der Waals surface area (Å²) in [5.41, 5.74) is 2.10. The lowest BCUT2D eigenvalue weighted by Gasteiger charge is -2.00. The van der Waals surface area contributed by atoms with Crippen molar-refractivity contribution >= 4 is 5.69 Å². The molecule has 0 spiro atoms. The van der Waals surface area contributed by atoms with Crippen molar-refractivity contribution in [2.45, 2.75) is 0 Å². The number of benzene rings is 1. The van der Waals surface area contributed by atoms with Gasteiger partial charge in [0, 0.05) is 18.3 Å². The molecular formula is C10H10N2O. The number of hydrogen-bond donors (Lipinski definition) is 1. The Kier molecular flexibility index (Phi) is 2.00. The van der Waals surface area contributed by atoms with Crippen LogP contribution in [-0.2, 0) is 0 Å². The minimum Gasteiger partial charge on any atom is -0.444 e. The smallest absolute Gasteiger partial charge is 0.181 e. The maximum absolute atomic E-state index is 5.18. The second-order valence-electron chi connectivity index (χ2n) is 2.70. The van der Waals surface area contributed by atoms with Gasteiger partial charge in [-0.15, -0.1) is 0 Å². The lowest BCUT2D eigenvalue weighted by Crippen LogP contribution is -1.86. The second-order valence-corrected chi connectivity index (χ2v) is 2.70. The number of hydrogen-bond acceptors (Lipinski definition) is 3. The topological polar surface area (TPSA) is 38.1 Å². The predicted octanol–water partition coefficient (Wildman–Crippen LogP) is 2.38. The van der Waals surface area contributed by atoms with Crippen LogP contribution >= 0.6 is 0 Å². The van der Waals surface area contributed by atoms with E-state index in [1.807, 2.05) is 31.3 Å². The van der Waals surface area contributed by atoms with Gasteiger partial charge in [0.1, 0.15) is 0 Å². The van der Waals surface area contributed by atoms with Gasteiger partial charge in [0.05, 0.1) is 6.20 Å². The maximum Gasteiger partial charge on any atom is 0.181 e. The molecule has 1 aromatic carbocycles. The van der Waals surface area contributed by atoms with Crippen molar-refractivity contribution < 1.29 is 4.42 Å². The first-order valence-corrected chi connectivity index (χ1v) is 4.07. The Morgan fingerprint density at radius 3 is 3.00 bits per heavy atom. The number of anilines is 1. The highest BCUT2D eigenvalue weighted by Crippen LogP contribution is 2.21. The monoisotopic (exact) mass is 174 g/mol. The van der Waals surface area contributed by atoms with E-state index in [0.717, 1.165) is 17.0 Å². The van der Waals surface area contributed by atoms with Gasteiger partial charge in [-0.05, 0) is 12.1 Å². The summed E-state index contributed by atoms with van der Waals surface area (Å²) in [6, 6.07) is 7.98. The summed E-state index contributed by atoms with van der Waals surface area (Å²) >= 11 is 0. The zero-order valence-corrected chi connectivity index (χ0v) is 7.32. The first kappa shape index (κ1) is 7.86. The second kappa shape index (κ2) is 3.31. The largest absolute Gasteiger partial charge is 0.444 e. The zero-order chi connectivity index (χ0) is 9.10. The SMILES string of the molecule is CNc1cccc(-c2cnco2)c1. The van der Waals surface area contributed by atoms with Crippen LogP contribution in [0.3, 0.4) is 0 Å². The van der Waals surface area contributed by atoms with Gasteiger partial charge < -0.3 is 9.73 Å². The molecule has 2 aromatic rings. The maximum atomic E-state index is 5.18. The molecule has 3 nitrogen and oxygen atoms in total. The summed E-state index contributed by atoms with van der Waals surface area (Å²) in [7, 11) is 1.89. The van der Waals surface area contributed by atoms with Gasteiger partial charge in [-0.3, -0.25) is 0 Å². The van der Waals surface area contributed by atoms with Crippen LogP contribution < -0.4 is 5.32 Å². The summed E-state index contributed by atoms with van der Waals surface area (Å²) in [6.07, 6.45) is 3.14. The molecule has 0 amide bonds. The van der Waals surface area contributed by atoms with Crippen LogP contribution in [0.5, 0.6) is 0 Å². The molecule has 0 saturated carbocycles. The van der Waals surface area contributed by atoms with Crippen molar-refractivity contribution in [3.8, 4) is 11.3 Å². The van der Waals surface area contributed by atoms with Gasteiger partial charge in [0.2, 0.25) is 0 Å². The highest BCUT2D eigenvalue weighted by Gasteiger charge is 2.00. The third-order valence-corrected chi connectivity index (χ3v) is 1.87. The molecule has 3 heteroatoms. The van der Waals surface area contributed by atoms with Crippen LogP contribution in [0.1, 0.15) is 0 Å². The molecule has 0 aliphatic rings. The molecule has 0 radical (unpaired) electrons. The summed E-state index contributed by atoms with van der Waals surface area (Å²) in [5, 5.41) is 3.07. The fourth-order valence-electron chi connectivity index (χ4n) is 1.19. The Balaban J connectivity index is 2.41. The Bertz CT molecular complexity index is 382. The summed E-state index contributed by atoms with van der Waals surface area (Å²) < 4.78 is 5.18. The van der Waals surface area contributed by atoms with Crippen molar-refractivity contribution in [3.05, 3.63) is 36.9 Å². The van der Waals surface area contributed by atoms with Gasteiger partial charge in [-0.25, -0.2) is 4.98 Å². The highest BCUT2D eigenvalue weighted by molar-refractivity contribution is 5.62. The molecule has 0 aliphatic carbocycles. The van der Waals surface area contributed by atoms with Gasteiger partial charge in [-0.2, -0.15) is 0 Å². The fourth-order valence-corrected chi connectivity index (χ4v) is 1.19. The number of nitrogens with zero attached hydrogens (tertiary/aromatic N) is 1.